The first-order chi connectivity index (χ1) is 10.1. The monoisotopic (exact) mass is 288 g/mol. The topological polar surface area (TPSA) is 70.9 Å². The molecule has 6 heteroatoms. The molecule has 0 aliphatic carbocycles. The number of phenolic OH excluding ortho intramolecular Hbond substituents is 1. The second kappa shape index (κ2) is 7.04. The molecule has 0 heterocycles. The Morgan fingerprint density at radius 1 is 1.29 bits per heavy atom. The fourth-order valence-electron chi connectivity index (χ4n) is 1.52. The Balaban J connectivity index is 1.81. The zero-order chi connectivity index (χ0) is 15.1. The number of carbonyl (C=O) groups is 1. The number of aromatic hydroxyl groups is 1. The van der Waals surface area contributed by atoms with Gasteiger partial charge in [-0.3, -0.25) is 4.79 Å². The fraction of sp³-hybridized carbons (Fsp3) is 0.0667. The molecular weight excluding hydrogens is 275 g/mol. The highest BCUT2D eigenvalue weighted by Gasteiger charge is 2.05. The number of ether oxygens (including phenoxy) is 1. The third kappa shape index (κ3) is 4.61. The van der Waals surface area contributed by atoms with Crippen LogP contribution >= 0.6 is 0 Å². The van der Waals surface area contributed by atoms with Crippen molar-refractivity contribution in [2.24, 2.45) is 5.10 Å². The number of hydrogen-bond donors (Lipinski definition) is 2. The van der Waals surface area contributed by atoms with E-state index in [2.05, 4.69) is 10.5 Å². The number of halogens is 1. The van der Waals surface area contributed by atoms with E-state index in [0.29, 0.717) is 5.56 Å². The molecule has 0 atom stereocenters. The van der Waals surface area contributed by atoms with Crippen molar-refractivity contribution in [3.63, 3.8) is 0 Å². The first-order valence-electron chi connectivity index (χ1n) is 6.13. The Hall–Kier alpha value is -2.89. The second-order valence-corrected chi connectivity index (χ2v) is 4.11. The molecular formula is C15H13FN2O3. The summed E-state index contributed by atoms with van der Waals surface area (Å²) in [6, 6.07) is 12.2. The molecule has 2 N–H and O–H groups in total. The van der Waals surface area contributed by atoms with Crippen LogP contribution < -0.4 is 10.2 Å². The van der Waals surface area contributed by atoms with Gasteiger partial charge in [0.1, 0.15) is 5.75 Å². The fourth-order valence-corrected chi connectivity index (χ4v) is 1.52. The predicted molar refractivity (Wildman–Crippen MR) is 75.7 cm³/mol. The second-order valence-electron chi connectivity index (χ2n) is 4.11. The lowest BCUT2D eigenvalue weighted by Crippen LogP contribution is -2.24. The largest absolute Gasteiger partial charge is 0.508 e. The Morgan fingerprint density at radius 3 is 2.86 bits per heavy atom. The van der Waals surface area contributed by atoms with Gasteiger partial charge in [0.15, 0.2) is 18.2 Å². The highest BCUT2D eigenvalue weighted by molar-refractivity contribution is 5.83. The number of phenols is 1. The van der Waals surface area contributed by atoms with E-state index in [-0.39, 0.29) is 18.1 Å². The molecule has 108 valence electrons. The van der Waals surface area contributed by atoms with Crippen molar-refractivity contribution >= 4 is 12.1 Å². The van der Waals surface area contributed by atoms with Gasteiger partial charge in [0.2, 0.25) is 0 Å². The summed E-state index contributed by atoms with van der Waals surface area (Å²) in [5.74, 6) is -0.944. The van der Waals surface area contributed by atoms with Crippen molar-refractivity contribution in [2.75, 3.05) is 6.61 Å². The van der Waals surface area contributed by atoms with Crippen LogP contribution in [0.4, 0.5) is 4.39 Å². The quantitative estimate of drug-likeness (QED) is 0.653. The minimum absolute atomic E-state index is 0.00427. The summed E-state index contributed by atoms with van der Waals surface area (Å²) < 4.78 is 18.3. The molecule has 0 bridgehead atoms. The van der Waals surface area contributed by atoms with E-state index in [1.165, 1.54) is 36.5 Å². The Morgan fingerprint density at radius 2 is 2.10 bits per heavy atom. The number of rotatable bonds is 5. The van der Waals surface area contributed by atoms with Crippen LogP contribution in [-0.2, 0) is 4.79 Å². The molecule has 0 unspecified atom stereocenters. The van der Waals surface area contributed by atoms with Crippen LogP contribution in [0.25, 0.3) is 0 Å². The van der Waals surface area contributed by atoms with Crippen LogP contribution in [-0.4, -0.2) is 23.8 Å². The minimum atomic E-state index is -0.534. The van der Waals surface area contributed by atoms with Gasteiger partial charge in [-0.25, -0.2) is 9.82 Å². The molecule has 2 aromatic rings. The van der Waals surface area contributed by atoms with Gasteiger partial charge in [0.05, 0.1) is 6.21 Å². The van der Waals surface area contributed by atoms with E-state index in [1.807, 2.05) is 0 Å². The standard InChI is InChI=1S/C15H13FN2O3/c16-13-6-1-2-7-14(13)21-10-15(20)18-17-9-11-4-3-5-12(19)8-11/h1-9,19H,10H2,(H,18,20)/b17-9+. The highest BCUT2D eigenvalue weighted by atomic mass is 19.1. The molecule has 5 nitrogen and oxygen atoms in total. The van der Waals surface area contributed by atoms with Crippen molar-refractivity contribution in [3.05, 3.63) is 59.9 Å². The molecule has 0 saturated carbocycles. The molecule has 0 fully saturated rings. The maximum absolute atomic E-state index is 13.2. The molecule has 1 amide bonds. The average Bonchev–Trinajstić information content (AvgIpc) is 2.46. The molecule has 0 saturated heterocycles. The zero-order valence-corrected chi connectivity index (χ0v) is 11.0. The molecule has 2 aromatic carbocycles. The highest BCUT2D eigenvalue weighted by Crippen LogP contribution is 2.14. The molecule has 0 spiro atoms. The maximum atomic E-state index is 13.2. The lowest BCUT2D eigenvalue weighted by molar-refractivity contribution is -0.123. The average molecular weight is 288 g/mol. The summed E-state index contributed by atoms with van der Waals surface area (Å²) in [5.41, 5.74) is 2.87. The molecule has 0 aliphatic heterocycles. The van der Waals surface area contributed by atoms with Gasteiger partial charge in [0.25, 0.3) is 5.91 Å². The maximum Gasteiger partial charge on any atom is 0.277 e. The van der Waals surface area contributed by atoms with Crippen molar-refractivity contribution < 1.29 is 19.0 Å². The zero-order valence-electron chi connectivity index (χ0n) is 11.0. The number of nitrogens with zero attached hydrogens (tertiary/aromatic N) is 1. The smallest absolute Gasteiger partial charge is 0.277 e. The predicted octanol–water partition coefficient (Wildman–Crippen LogP) is 2.06. The number of carbonyl (C=O) groups excluding carboxylic acids is 1. The summed E-state index contributed by atoms with van der Waals surface area (Å²) in [6.07, 6.45) is 1.38. The van der Waals surface area contributed by atoms with Gasteiger partial charge in [-0.1, -0.05) is 24.3 Å². The van der Waals surface area contributed by atoms with Crippen LogP contribution in [0, 0.1) is 5.82 Å². The van der Waals surface area contributed by atoms with Crippen molar-refractivity contribution in [1.82, 2.24) is 5.43 Å². The van der Waals surface area contributed by atoms with Crippen molar-refractivity contribution in [1.29, 1.82) is 0 Å². The molecule has 2 rings (SSSR count). The van der Waals surface area contributed by atoms with Gasteiger partial charge in [-0.15, -0.1) is 0 Å². The number of hydrazone groups is 1. The van der Waals surface area contributed by atoms with E-state index in [0.717, 1.165) is 0 Å². The van der Waals surface area contributed by atoms with E-state index >= 15 is 0 Å². The first kappa shape index (κ1) is 14.5. The van der Waals surface area contributed by atoms with E-state index < -0.39 is 11.7 Å². The lowest BCUT2D eigenvalue weighted by atomic mass is 10.2. The Labute approximate surface area is 120 Å². The third-order valence-corrected chi connectivity index (χ3v) is 2.47. The van der Waals surface area contributed by atoms with Crippen LogP contribution in [0.3, 0.4) is 0 Å². The summed E-state index contributed by atoms with van der Waals surface area (Å²) >= 11 is 0. The Kier molecular flexibility index (Phi) is 4.87. The minimum Gasteiger partial charge on any atom is -0.508 e. The lowest BCUT2D eigenvalue weighted by Gasteiger charge is -2.05. The molecule has 0 aliphatic rings. The number of amides is 1. The number of hydrogen-bond acceptors (Lipinski definition) is 4. The van der Waals surface area contributed by atoms with Gasteiger partial charge in [0, 0.05) is 0 Å². The summed E-state index contributed by atoms with van der Waals surface area (Å²) in [6.45, 7) is -0.349. The van der Waals surface area contributed by atoms with Crippen LogP contribution in [0.2, 0.25) is 0 Å². The normalized spacial score (nSPS) is 10.5. The van der Waals surface area contributed by atoms with Gasteiger partial charge in [-0.2, -0.15) is 5.10 Å². The van der Waals surface area contributed by atoms with Crippen LogP contribution in [0.15, 0.2) is 53.6 Å². The summed E-state index contributed by atoms with van der Waals surface area (Å²) in [7, 11) is 0. The Bertz CT molecular complexity index is 659. The SMILES string of the molecule is O=C(COc1ccccc1F)N/N=C/c1cccc(O)c1. The van der Waals surface area contributed by atoms with Gasteiger partial charge in [-0.05, 0) is 29.8 Å². The summed E-state index contributed by atoms with van der Waals surface area (Å²) in [4.78, 5) is 11.5. The van der Waals surface area contributed by atoms with E-state index in [4.69, 9.17) is 4.74 Å². The van der Waals surface area contributed by atoms with E-state index in [1.54, 1.807) is 18.2 Å². The van der Waals surface area contributed by atoms with Crippen molar-refractivity contribution in [3.8, 4) is 11.5 Å². The first-order valence-corrected chi connectivity index (χ1v) is 6.13. The third-order valence-electron chi connectivity index (χ3n) is 2.47. The van der Waals surface area contributed by atoms with Crippen LogP contribution in [0.1, 0.15) is 5.56 Å². The van der Waals surface area contributed by atoms with Gasteiger partial charge >= 0.3 is 0 Å². The van der Waals surface area contributed by atoms with Crippen LogP contribution in [0.5, 0.6) is 11.5 Å². The molecule has 0 radical (unpaired) electrons. The molecule has 0 aromatic heterocycles. The van der Waals surface area contributed by atoms with Crippen molar-refractivity contribution in [2.45, 2.75) is 0 Å². The number of nitrogens with one attached hydrogen (secondary N) is 1. The van der Waals surface area contributed by atoms with E-state index in [9.17, 15) is 14.3 Å². The summed E-state index contributed by atoms with van der Waals surface area (Å²) in [5, 5.41) is 13.0. The number of para-hydroxylation sites is 1. The van der Waals surface area contributed by atoms with Gasteiger partial charge < -0.3 is 9.84 Å². The molecule has 21 heavy (non-hydrogen) atoms. The number of benzene rings is 2.